The fourth-order valence-electron chi connectivity index (χ4n) is 3.99. The van der Waals surface area contributed by atoms with Crippen molar-refractivity contribution in [2.45, 2.75) is 82.7 Å². The smallest absolute Gasteiger partial charge is 0.341 e. The van der Waals surface area contributed by atoms with Crippen molar-refractivity contribution in [2.24, 2.45) is 0 Å². The number of carbonyl (C=O) groups is 1. The van der Waals surface area contributed by atoms with E-state index in [1.807, 2.05) is 0 Å². The molecule has 0 amide bonds. The largest absolute Gasteiger partial charge is 0.490 e. The van der Waals surface area contributed by atoms with Gasteiger partial charge in [-0.25, -0.2) is 9.18 Å². The predicted molar refractivity (Wildman–Crippen MR) is 101 cm³/mol. The molecule has 28 heavy (non-hydrogen) atoms. The van der Waals surface area contributed by atoms with E-state index in [4.69, 9.17) is 18.9 Å². The van der Waals surface area contributed by atoms with Crippen molar-refractivity contribution in [1.82, 2.24) is 0 Å². The summed E-state index contributed by atoms with van der Waals surface area (Å²) in [6, 6.07) is 2.99. The van der Waals surface area contributed by atoms with Gasteiger partial charge in [0.2, 0.25) is 0 Å². The van der Waals surface area contributed by atoms with Crippen molar-refractivity contribution in [2.75, 3.05) is 13.2 Å². The van der Waals surface area contributed by atoms with Crippen LogP contribution in [-0.2, 0) is 14.2 Å². The minimum atomic E-state index is -0.666. The van der Waals surface area contributed by atoms with Crippen molar-refractivity contribution in [3.63, 3.8) is 0 Å². The molecule has 1 aromatic rings. The summed E-state index contributed by atoms with van der Waals surface area (Å²) in [6.45, 7) is 6.62. The lowest BCUT2D eigenvalue weighted by Gasteiger charge is -2.35. The van der Waals surface area contributed by atoms with Gasteiger partial charge in [0.15, 0.2) is 5.79 Å². The van der Waals surface area contributed by atoms with Crippen LogP contribution in [0.2, 0.25) is 0 Å². The second kappa shape index (κ2) is 7.30. The molecule has 0 bridgehead atoms. The molecule has 4 rings (SSSR count). The zero-order valence-electron chi connectivity index (χ0n) is 16.9. The molecular weight excluding hydrogens is 363 g/mol. The number of ether oxygens (including phenoxy) is 4. The highest BCUT2D eigenvalue weighted by Crippen LogP contribution is 2.46. The third kappa shape index (κ3) is 4.33. The molecule has 6 heteroatoms. The van der Waals surface area contributed by atoms with E-state index in [9.17, 15) is 9.18 Å². The zero-order chi connectivity index (χ0) is 19.9. The Hall–Kier alpha value is -1.66. The third-order valence-electron chi connectivity index (χ3n) is 5.54. The minimum Gasteiger partial charge on any atom is -0.490 e. The van der Waals surface area contributed by atoms with E-state index in [0.29, 0.717) is 24.9 Å². The summed E-state index contributed by atoms with van der Waals surface area (Å²) in [4.78, 5) is 12.4. The van der Waals surface area contributed by atoms with Gasteiger partial charge in [0.25, 0.3) is 0 Å². The lowest BCUT2D eigenvalue weighted by atomic mass is 9.91. The van der Waals surface area contributed by atoms with Crippen LogP contribution in [0.1, 0.15) is 81.1 Å². The van der Waals surface area contributed by atoms with E-state index in [1.165, 1.54) is 6.07 Å². The van der Waals surface area contributed by atoms with Gasteiger partial charge in [-0.05, 0) is 64.0 Å². The van der Waals surface area contributed by atoms with E-state index in [-0.39, 0.29) is 11.7 Å². The Bertz CT molecular complexity index is 734. The van der Waals surface area contributed by atoms with Crippen molar-refractivity contribution < 1.29 is 28.1 Å². The Labute approximate surface area is 165 Å². The van der Waals surface area contributed by atoms with Gasteiger partial charge in [0.05, 0.1) is 24.9 Å². The van der Waals surface area contributed by atoms with Crippen LogP contribution in [0.4, 0.5) is 4.39 Å². The van der Waals surface area contributed by atoms with Crippen LogP contribution in [0.3, 0.4) is 0 Å². The predicted octanol–water partition coefficient (Wildman–Crippen LogP) is 4.72. The quantitative estimate of drug-likeness (QED) is 0.694. The van der Waals surface area contributed by atoms with Gasteiger partial charge in [-0.2, -0.15) is 0 Å². The first-order valence-corrected chi connectivity index (χ1v) is 10.3. The monoisotopic (exact) mass is 392 g/mol. The number of carbonyl (C=O) groups excluding carboxylic acids is 1. The number of rotatable bonds is 4. The van der Waals surface area contributed by atoms with Gasteiger partial charge in [-0.1, -0.05) is 0 Å². The highest BCUT2D eigenvalue weighted by Gasteiger charge is 2.41. The Morgan fingerprint density at radius 2 is 1.75 bits per heavy atom. The van der Waals surface area contributed by atoms with E-state index < -0.39 is 23.2 Å². The van der Waals surface area contributed by atoms with Gasteiger partial charge in [0, 0.05) is 18.9 Å². The molecule has 2 aliphatic carbocycles. The summed E-state index contributed by atoms with van der Waals surface area (Å²) in [5.41, 5.74) is 0.233. The molecule has 154 valence electrons. The topological polar surface area (TPSA) is 54.0 Å². The second-order valence-electron chi connectivity index (χ2n) is 9.07. The first-order valence-electron chi connectivity index (χ1n) is 10.3. The number of hydrogen-bond donors (Lipinski definition) is 0. The van der Waals surface area contributed by atoms with Gasteiger partial charge in [0.1, 0.15) is 17.2 Å². The Kier molecular flexibility index (Phi) is 5.12. The Balaban J connectivity index is 1.49. The van der Waals surface area contributed by atoms with Crippen LogP contribution in [-0.4, -0.2) is 36.7 Å². The maximum Gasteiger partial charge on any atom is 0.341 e. The summed E-state index contributed by atoms with van der Waals surface area (Å²) in [6.07, 6.45) is 5.25. The van der Waals surface area contributed by atoms with Gasteiger partial charge >= 0.3 is 5.97 Å². The molecule has 1 saturated heterocycles. The molecule has 1 spiro atoms. The summed E-state index contributed by atoms with van der Waals surface area (Å²) in [5, 5.41) is 0. The zero-order valence-corrected chi connectivity index (χ0v) is 16.9. The average Bonchev–Trinajstić information content (AvgIpc) is 3.36. The molecule has 5 nitrogen and oxygen atoms in total. The molecule has 3 fully saturated rings. The molecule has 0 radical (unpaired) electrons. The van der Waals surface area contributed by atoms with Crippen LogP contribution >= 0.6 is 0 Å². The lowest BCUT2D eigenvalue weighted by molar-refractivity contribution is -0.186. The first-order chi connectivity index (χ1) is 13.2. The maximum absolute atomic E-state index is 14.7. The summed E-state index contributed by atoms with van der Waals surface area (Å²) >= 11 is 0. The van der Waals surface area contributed by atoms with Crippen LogP contribution in [0.5, 0.6) is 5.75 Å². The number of esters is 1. The van der Waals surface area contributed by atoms with Gasteiger partial charge in [-0.15, -0.1) is 0 Å². The lowest BCUT2D eigenvalue weighted by Crippen LogP contribution is -2.38. The SMILES string of the molecule is CC(C)(C)OC(=O)c1cc(C2CC2)c(OC2CCC3(CC2)OCCO3)cc1F. The van der Waals surface area contributed by atoms with Crippen LogP contribution in [0.25, 0.3) is 0 Å². The highest BCUT2D eigenvalue weighted by atomic mass is 19.1. The van der Waals surface area contributed by atoms with Gasteiger partial charge in [-0.3, -0.25) is 0 Å². The molecule has 0 N–H and O–H groups in total. The number of hydrogen-bond acceptors (Lipinski definition) is 5. The number of benzene rings is 1. The molecule has 0 aromatic heterocycles. The fourth-order valence-corrected chi connectivity index (χ4v) is 3.99. The molecule has 3 aliphatic rings. The van der Waals surface area contributed by atoms with E-state index in [0.717, 1.165) is 44.1 Å². The maximum atomic E-state index is 14.7. The summed E-state index contributed by atoms with van der Waals surface area (Å²) in [7, 11) is 0. The molecule has 1 heterocycles. The highest BCUT2D eigenvalue weighted by molar-refractivity contribution is 5.90. The minimum absolute atomic E-state index is 0.00250. The van der Waals surface area contributed by atoms with Crippen molar-refractivity contribution >= 4 is 5.97 Å². The Morgan fingerprint density at radius 3 is 2.32 bits per heavy atom. The van der Waals surface area contributed by atoms with E-state index >= 15 is 0 Å². The molecule has 2 saturated carbocycles. The van der Waals surface area contributed by atoms with E-state index in [1.54, 1.807) is 26.8 Å². The van der Waals surface area contributed by atoms with E-state index in [2.05, 4.69) is 0 Å². The summed E-state index contributed by atoms with van der Waals surface area (Å²) in [5.74, 6) is -0.780. The molecule has 0 unspecified atom stereocenters. The standard InChI is InChI=1S/C22H29FO5/c1-21(2,3)28-20(24)17-12-16(14-4-5-14)19(13-18(17)23)27-15-6-8-22(9-7-15)25-10-11-26-22/h12-15H,4-11H2,1-3H3. The molecule has 1 aliphatic heterocycles. The molecule has 0 atom stereocenters. The van der Waals surface area contributed by atoms with Gasteiger partial charge < -0.3 is 18.9 Å². The normalized spacial score (nSPS) is 22.4. The molecular formula is C22H29FO5. The fraction of sp³-hybridized carbons (Fsp3) is 0.682. The number of halogens is 1. The summed E-state index contributed by atoms with van der Waals surface area (Å²) < 4.78 is 37.8. The van der Waals surface area contributed by atoms with Crippen molar-refractivity contribution in [3.05, 3.63) is 29.1 Å². The van der Waals surface area contributed by atoms with Crippen LogP contribution in [0, 0.1) is 5.82 Å². The van der Waals surface area contributed by atoms with Crippen LogP contribution in [0.15, 0.2) is 12.1 Å². The first kappa shape index (κ1) is 19.6. The van der Waals surface area contributed by atoms with Crippen LogP contribution < -0.4 is 4.74 Å². The third-order valence-corrected chi connectivity index (χ3v) is 5.54. The van der Waals surface area contributed by atoms with Crippen molar-refractivity contribution in [1.29, 1.82) is 0 Å². The second-order valence-corrected chi connectivity index (χ2v) is 9.07. The Morgan fingerprint density at radius 1 is 1.11 bits per heavy atom. The van der Waals surface area contributed by atoms with Crippen molar-refractivity contribution in [3.8, 4) is 5.75 Å². The molecule has 1 aromatic carbocycles. The average molecular weight is 392 g/mol.